The number of anilines is 1. The van der Waals surface area contributed by atoms with Gasteiger partial charge in [-0.1, -0.05) is 46.9 Å². The van der Waals surface area contributed by atoms with Gasteiger partial charge in [0.25, 0.3) is 11.6 Å². The molecule has 2 rings (SSSR count). The summed E-state index contributed by atoms with van der Waals surface area (Å²) in [4.78, 5) is 22.8. The lowest BCUT2D eigenvalue weighted by atomic mass is 10.1. The summed E-state index contributed by atoms with van der Waals surface area (Å²) in [6.07, 6.45) is -1.38. The summed E-state index contributed by atoms with van der Waals surface area (Å²) in [6.45, 7) is 0. The Balaban J connectivity index is 2.14. The summed E-state index contributed by atoms with van der Waals surface area (Å²) in [7, 11) is -3.86. The summed E-state index contributed by atoms with van der Waals surface area (Å²) in [5.74, 6) is -0.878. The molecule has 2 aromatic carbocycles. The number of amides is 1. The molecule has 0 fully saturated rings. The van der Waals surface area contributed by atoms with Crippen molar-refractivity contribution in [1.82, 2.24) is 10.6 Å². The van der Waals surface area contributed by atoms with Crippen LogP contribution < -0.4 is 21.1 Å². The van der Waals surface area contributed by atoms with Crippen LogP contribution in [0.15, 0.2) is 53.4 Å². The molecule has 1 amide bonds. The zero-order valence-corrected chi connectivity index (χ0v) is 19.1. The predicted molar refractivity (Wildman–Crippen MR) is 122 cm³/mol. The first-order valence-electron chi connectivity index (χ1n) is 8.10. The largest absolute Gasteiger partial charge is 0.339 e. The molecule has 10 nitrogen and oxygen atoms in total. The normalized spacial score (nSPS) is 12.5. The van der Waals surface area contributed by atoms with Gasteiger partial charge in [-0.25, -0.2) is 13.6 Å². The number of nitrogens with two attached hydrogens (primary N) is 1. The van der Waals surface area contributed by atoms with Crippen molar-refractivity contribution in [3.63, 3.8) is 0 Å². The number of nitrogens with zero attached hydrogens (tertiary/aromatic N) is 1. The number of alkyl halides is 3. The van der Waals surface area contributed by atoms with Gasteiger partial charge < -0.3 is 16.0 Å². The zero-order valence-electron chi connectivity index (χ0n) is 15.2. The maximum Gasteiger partial charge on any atom is 0.282 e. The van der Waals surface area contributed by atoms with E-state index in [9.17, 15) is 23.3 Å². The minimum Gasteiger partial charge on any atom is -0.339 e. The number of carbonyl (C=O) groups is 1. The Morgan fingerprint density at radius 2 is 1.68 bits per heavy atom. The molecule has 2 aromatic rings. The van der Waals surface area contributed by atoms with Crippen molar-refractivity contribution in [2.45, 2.75) is 14.9 Å². The highest BCUT2D eigenvalue weighted by Crippen LogP contribution is 2.30. The summed E-state index contributed by atoms with van der Waals surface area (Å²) in [5.41, 5.74) is -0.303. The molecule has 5 N–H and O–H groups in total. The van der Waals surface area contributed by atoms with Crippen LogP contribution in [0, 0.1) is 10.1 Å². The van der Waals surface area contributed by atoms with Gasteiger partial charge >= 0.3 is 0 Å². The van der Waals surface area contributed by atoms with E-state index in [1.54, 1.807) is 0 Å². The van der Waals surface area contributed by atoms with Gasteiger partial charge in [-0.15, -0.1) is 0 Å². The van der Waals surface area contributed by atoms with E-state index in [1.165, 1.54) is 42.5 Å². The molecule has 1 atom stereocenters. The Bertz CT molecular complexity index is 1110. The first kappa shape index (κ1) is 25.0. The third-order valence-corrected chi connectivity index (χ3v) is 5.47. The third kappa shape index (κ3) is 7.16. The summed E-state index contributed by atoms with van der Waals surface area (Å²) in [6, 6.07) is 10.5. The van der Waals surface area contributed by atoms with Crippen LogP contribution >= 0.6 is 47.0 Å². The number of primary sulfonamides is 1. The first-order chi connectivity index (χ1) is 14.3. The van der Waals surface area contributed by atoms with Crippen LogP contribution in [0.4, 0.5) is 11.4 Å². The van der Waals surface area contributed by atoms with Crippen LogP contribution in [-0.2, 0) is 10.0 Å². The topological polar surface area (TPSA) is 156 Å². The van der Waals surface area contributed by atoms with E-state index >= 15 is 0 Å². The zero-order chi connectivity index (χ0) is 23.4. The quantitative estimate of drug-likeness (QED) is 0.147. The van der Waals surface area contributed by atoms with Gasteiger partial charge in [-0.2, -0.15) is 0 Å². The minimum atomic E-state index is -3.86. The standard InChI is InChI=1S/C16H14Cl3N5O5S2/c17-16(18,19)14(22-13(25)11-3-1-2-4-12(11)24(26)27)23-15(30)21-9-5-7-10(8-6-9)31(20,28)29/h1-8,14H,(H,22,25)(H2,20,28,29)(H2,21,23,30)/t14-/m1/s1. The number of nitro benzene ring substituents is 1. The second kappa shape index (κ2) is 9.94. The number of sulfonamides is 1. The fourth-order valence-electron chi connectivity index (χ4n) is 2.26. The fourth-order valence-corrected chi connectivity index (χ4v) is 3.34. The van der Waals surface area contributed by atoms with Gasteiger partial charge in [0, 0.05) is 11.8 Å². The number of nitrogens with one attached hydrogen (secondary N) is 3. The summed E-state index contributed by atoms with van der Waals surface area (Å²) >= 11 is 22.8. The smallest absolute Gasteiger partial charge is 0.282 e. The highest BCUT2D eigenvalue weighted by Gasteiger charge is 2.36. The lowest BCUT2D eigenvalue weighted by Gasteiger charge is -2.27. The van der Waals surface area contributed by atoms with E-state index in [1.807, 2.05) is 0 Å². The number of hydrogen-bond acceptors (Lipinski definition) is 6. The number of halogens is 3. The SMILES string of the molecule is NS(=O)(=O)c1ccc(NC(=S)N[C@@H](NC(=O)c2ccccc2[N+](=O)[O-])C(Cl)(Cl)Cl)cc1. The summed E-state index contributed by atoms with van der Waals surface area (Å²) in [5, 5.41) is 23.7. The second-order valence-corrected chi connectivity index (χ2v) is 10.2. The Hall–Kier alpha value is -2.22. The van der Waals surface area contributed by atoms with Crippen molar-refractivity contribution in [3.8, 4) is 0 Å². The van der Waals surface area contributed by atoms with Gasteiger partial charge in [0.2, 0.25) is 13.8 Å². The molecule has 0 aliphatic carbocycles. The van der Waals surface area contributed by atoms with Crippen molar-refractivity contribution in [1.29, 1.82) is 0 Å². The molecule has 0 saturated carbocycles. The Morgan fingerprint density at radius 1 is 1.10 bits per heavy atom. The molecule has 0 bridgehead atoms. The molecule has 0 heterocycles. The molecular formula is C16H14Cl3N5O5S2. The van der Waals surface area contributed by atoms with Crippen molar-refractivity contribution in [2.75, 3.05) is 5.32 Å². The maximum absolute atomic E-state index is 12.5. The Morgan fingerprint density at radius 3 is 2.19 bits per heavy atom. The van der Waals surface area contributed by atoms with Gasteiger partial charge in [0.1, 0.15) is 11.7 Å². The van der Waals surface area contributed by atoms with Crippen molar-refractivity contribution in [3.05, 3.63) is 64.2 Å². The summed E-state index contributed by atoms with van der Waals surface area (Å²) < 4.78 is 20.5. The van der Waals surface area contributed by atoms with E-state index in [0.29, 0.717) is 5.69 Å². The number of para-hydroxylation sites is 1. The molecule has 166 valence electrons. The maximum atomic E-state index is 12.5. The van der Waals surface area contributed by atoms with Crippen molar-refractivity contribution >= 4 is 79.4 Å². The molecule has 0 unspecified atom stereocenters. The van der Waals surface area contributed by atoms with E-state index in [-0.39, 0.29) is 15.6 Å². The number of carbonyl (C=O) groups excluding carboxylic acids is 1. The molecule has 0 aliphatic rings. The van der Waals surface area contributed by atoms with Crippen LogP contribution in [-0.4, -0.2) is 34.3 Å². The molecular weight excluding hydrogens is 513 g/mol. The van der Waals surface area contributed by atoms with Gasteiger partial charge in [-0.3, -0.25) is 14.9 Å². The van der Waals surface area contributed by atoms with Crippen molar-refractivity contribution in [2.24, 2.45) is 5.14 Å². The van der Waals surface area contributed by atoms with Crippen molar-refractivity contribution < 1.29 is 18.1 Å². The lowest BCUT2D eigenvalue weighted by Crippen LogP contribution is -2.56. The lowest BCUT2D eigenvalue weighted by molar-refractivity contribution is -0.385. The van der Waals surface area contributed by atoms with Crippen LogP contribution in [0.1, 0.15) is 10.4 Å². The number of nitro groups is 1. The number of rotatable bonds is 6. The molecule has 0 radical (unpaired) electrons. The number of hydrogen-bond donors (Lipinski definition) is 4. The van der Waals surface area contributed by atoms with Gasteiger partial charge in [0.15, 0.2) is 5.11 Å². The molecule has 0 spiro atoms. The molecule has 0 aromatic heterocycles. The Labute approximate surface area is 197 Å². The van der Waals surface area contributed by atoms with Crippen LogP contribution in [0.25, 0.3) is 0 Å². The molecule has 0 aliphatic heterocycles. The van der Waals surface area contributed by atoms with E-state index in [0.717, 1.165) is 6.07 Å². The van der Waals surface area contributed by atoms with E-state index in [4.69, 9.17) is 52.2 Å². The third-order valence-electron chi connectivity index (χ3n) is 3.66. The first-order valence-corrected chi connectivity index (χ1v) is 11.2. The molecule has 31 heavy (non-hydrogen) atoms. The second-order valence-electron chi connectivity index (χ2n) is 5.89. The van der Waals surface area contributed by atoms with Crippen LogP contribution in [0.5, 0.6) is 0 Å². The molecule has 15 heteroatoms. The fraction of sp³-hybridized carbons (Fsp3) is 0.125. The van der Waals surface area contributed by atoms with Gasteiger partial charge in [0.05, 0.1) is 9.82 Å². The van der Waals surface area contributed by atoms with E-state index < -0.39 is 36.5 Å². The minimum absolute atomic E-state index is 0.0949. The predicted octanol–water partition coefficient (Wildman–Crippen LogP) is 2.65. The number of benzene rings is 2. The van der Waals surface area contributed by atoms with Crippen LogP contribution in [0.3, 0.4) is 0 Å². The average molecular weight is 527 g/mol. The number of thiocarbonyl (C=S) groups is 1. The van der Waals surface area contributed by atoms with Gasteiger partial charge in [-0.05, 0) is 42.5 Å². The Kier molecular flexibility index (Phi) is 8.03. The highest BCUT2D eigenvalue weighted by molar-refractivity contribution is 7.89. The average Bonchev–Trinajstić information content (AvgIpc) is 2.66. The highest BCUT2D eigenvalue weighted by atomic mass is 35.6. The van der Waals surface area contributed by atoms with Crippen LogP contribution in [0.2, 0.25) is 0 Å². The van der Waals surface area contributed by atoms with E-state index in [2.05, 4.69) is 16.0 Å². The monoisotopic (exact) mass is 525 g/mol. The molecule has 0 saturated heterocycles.